The third-order valence-electron chi connectivity index (χ3n) is 4.52. The van der Waals surface area contributed by atoms with Gasteiger partial charge in [0, 0.05) is 4.90 Å². The first-order chi connectivity index (χ1) is 9.00. The summed E-state index contributed by atoms with van der Waals surface area (Å²) in [5, 5.41) is 0. The van der Waals surface area contributed by atoms with E-state index in [9.17, 15) is 0 Å². The van der Waals surface area contributed by atoms with Crippen LogP contribution in [0.15, 0.2) is 17.0 Å². The maximum atomic E-state index is 4.88. The molecule has 0 aromatic heterocycles. The van der Waals surface area contributed by atoms with Crippen LogP contribution in [-0.4, -0.2) is 0 Å². The van der Waals surface area contributed by atoms with Gasteiger partial charge < -0.3 is 0 Å². The zero-order valence-corrected chi connectivity index (χ0v) is 13.8. The summed E-state index contributed by atoms with van der Waals surface area (Å²) >= 11 is 4.88. The molecule has 1 aliphatic rings. The van der Waals surface area contributed by atoms with Crippen LogP contribution in [-0.2, 0) is 0 Å². The van der Waals surface area contributed by atoms with Crippen LogP contribution in [0.2, 0.25) is 0 Å². The predicted molar refractivity (Wildman–Crippen MR) is 87.7 cm³/mol. The van der Waals surface area contributed by atoms with E-state index in [4.69, 9.17) is 12.6 Å². The lowest BCUT2D eigenvalue weighted by molar-refractivity contribution is 0.438. The van der Waals surface area contributed by atoms with Crippen molar-refractivity contribution in [1.82, 2.24) is 0 Å². The first-order valence-electron chi connectivity index (χ1n) is 7.87. The average Bonchev–Trinajstić information content (AvgIpc) is 2.39. The summed E-state index contributed by atoms with van der Waals surface area (Å²) in [7, 11) is 0. The SMILES string of the molecule is CC(C)c1cc(C(C)C)c(S)c(C2CCCCC2)c1. The highest BCUT2D eigenvalue weighted by atomic mass is 32.1. The molecule has 0 N–H and O–H groups in total. The Labute approximate surface area is 124 Å². The Morgan fingerprint density at radius 3 is 2.11 bits per heavy atom. The number of thiol groups is 1. The Morgan fingerprint density at radius 2 is 1.58 bits per heavy atom. The number of hydrogen-bond acceptors (Lipinski definition) is 1. The van der Waals surface area contributed by atoms with Crippen LogP contribution in [0, 0.1) is 0 Å². The zero-order valence-electron chi connectivity index (χ0n) is 12.9. The summed E-state index contributed by atoms with van der Waals surface area (Å²) in [6.07, 6.45) is 6.90. The van der Waals surface area contributed by atoms with Gasteiger partial charge in [-0.1, -0.05) is 59.1 Å². The molecule has 0 amide bonds. The van der Waals surface area contributed by atoms with Gasteiger partial charge in [0.2, 0.25) is 0 Å². The Morgan fingerprint density at radius 1 is 0.947 bits per heavy atom. The summed E-state index contributed by atoms with van der Waals surface area (Å²) < 4.78 is 0. The summed E-state index contributed by atoms with van der Waals surface area (Å²) in [5.41, 5.74) is 4.45. The van der Waals surface area contributed by atoms with Crippen LogP contribution in [0.4, 0.5) is 0 Å². The smallest absolute Gasteiger partial charge is 0.0110 e. The summed E-state index contributed by atoms with van der Waals surface area (Å²) in [4.78, 5) is 1.27. The molecule has 1 heteroatoms. The van der Waals surface area contributed by atoms with E-state index in [0.717, 1.165) is 5.92 Å². The van der Waals surface area contributed by atoms with Gasteiger partial charge in [0.25, 0.3) is 0 Å². The fraction of sp³-hybridized carbons (Fsp3) is 0.667. The summed E-state index contributed by atoms with van der Waals surface area (Å²) in [5.74, 6) is 1.92. The highest BCUT2D eigenvalue weighted by Crippen LogP contribution is 2.40. The minimum atomic E-state index is 0.563. The van der Waals surface area contributed by atoms with E-state index >= 15 is 0 Å². The molecule has 0 atom stereocenters. The van der Waals surface area contributed by atoms with E-state index in [1.807, 2.05) is 0 Å². The van der Waals surface area contributed by atoms with Crippen molar-refractivity contribution in [2.75, 3.05) is 0 Å². The van der Waals surface area contributed by atoms with Gasteiger partial charge >= 0.3 is 0 Å². The molecule has 0 spiro atoms. The summed E-state index contributed by atoms with van der Waals surface area (Å²) in [6.45, 7) is 9.15. The molecule has 1 fully saturated rings. The molecule has 19 heavy (non-hydrogen) atoms. The second-order valence-electron chi connectivity index (χ2n) is 6.69. The highest BCUT2D eigenvalue weighted by molar-refractivity contribution is 7.80. The molecule has 2 rings (SSSR count). The molecular formula is C18H28S. The molecule has 1 aromatic rings. The van der Waals surface area contributed by atoms with Gasteiger partial charge in [-0.25, -0.2) is 0 Å². The second-order valence-corrected chi connectivity index (χ2v) is 7.14. The molecule has 0 nitrogen and oxygen atoms in total. The van der Waals surface area contributed by atoms with Crippen molar-refractivity contribution in [2.45, 2.75) is 82.4 Å². The van der Waals surface area contributed by atoms with Crippen molar-refractivity contribution < 1.29 is 0 Å². The largest absolute Gasteiger partial charge is 0.143 e. The zero-order chi connectivity index (χ0) is 14.0. The lowest BCUT2D eigenvalue weighted by Gasteiger charge is -2.26. The van der Waals surface area contributed by atoms with Crippen molar-refractivity contribution in [3.05, 3.63) is 28.8 Å². The van der Waals surface area contributed by atoms with E-state index in [1.165, 1.54) is 53.7 Å². The maximum Gasteiger partial charge on any atom is 0.0110 e. The van der Waals surface area contributed by atoms with Gasteiger partial charge in [0.05, 0.1) is 0 Å². The van der Waals surface area contributed by atoms with Crippen molar-refractivity contribution in [3.63, 3.8) is 0 Å². The quantitative estimate of drug-likeness (QED) is 0.618. The van der Waals surface area contributed by atoms with Crippen LogP contribution >= 0.6 is 12.6 Å². The van der Waals surface area contributed by atoms with Gasteiger partial charge in [-0.15, -0.1) is 12.6 Å². The van der Waals surface area contributed by atoms with E-state index in [0.29, 0.717) is 11.8 Å². The van der Waals surface area contributed by atoms with Crippen LogP contribution in [0.5, 0.6) is 0 Å². The van der Waals surface area contributed by atoms with Gasteiger partial charge in [0.15, 0.2) is 0 Å². The van der Waals surface area contributed by atoms with Gasteiger partial charge in [-0.05, 0) is 47.3 Å². The number of rotatable bonds is 3. The molecule has 0 unspecified atom stereocenters. The molecule has 0 saturated heterocycles. The normalized spacial score (nSPS) is 17.4. The monoisotopic (exact) mass is 276 g/mol. The Balaban J connectivity index is 2.45. The fourth-order valence-corrected chi connectivity index (χ4v) is 3.77. The van der Waals surface area contributed by atoms with Gasteiger partial charge in [0.1, 0.15) is 0 Å². The fourth-order valence-electron chi connectivity index (χ4n) is 3.20. The first-order valence-corrected chi connectivity index (χ1v) is 8.32. The molecule has 0 radical (unpaired) electrons. The Bertz CT molecular complexity index is 426. The van der Waals surface area contributed by atoms with Gasteiger partial charge in [-0.3, -0.25) is 0 Å². The van der Waals surface area contributed by atoms with E-state index in [2.05, 4.69) is 39.8 Å². The predicted octanol–water partition coefficient (Wildman–Crippen LogP) is 6.27. The van der Waals surface area contributed by atoms with Crippen molar-refractivity contribution in [1.29, 1.82) is 0 Å². The number of benzene rings is 1. The van der Waals surface area contributed by atoms with Crippen molar-refractivity contribution >= 4 is 12.6 Å². The Hall–Kier alpha value is -0.430. The first kappa shape index (κ1) is 15.0. The topological polar surface area (TPSA) is 0 Å². The van der Waals surface area contributed by atoms with Crippen molar-refractivity contribution in [2.24, 2.45) is 0 Å². The minimum Gasteiger partial charge on any atom is -0.143 e. The molecule has 0 bridgehead atoms. The average molecular weight is 276 g/mol. The highest BCUT2D eigenvalue weighted by Gasteiger charge is 2.21. The minimum absolute atomic E-state index is 0.563. The van der Waals surface area contributed by atoms with Crippen molar-refractivity contribution in [3.8, 4) is 0 Å². The van der Waals surface area contributed by atoms with Gasteiger partial charge in [-0.2, -0.15) is 0 Å². The van der Waals surface area contributed by atoms with Crippen LogP contribution in [0.25, 0.3) is 0 Å². The molecule has 1 saturated carbocycles. The lowest BCUT2D eigenvalue weighted by atomic mass is 9.81. The molecule has 106 valence electrons. The summed E-state index contributed by atoms with van der Waals surface area (Å²) in [6, 6.07) is 4.82. The maximum absolute atomic E-state index is 4.88. The van der Waals surface area contributed by atoms with E-state index < -0.39 is 0 Å². The van der Waals surface area contributed by atoms with Crippen LogP contribution in [0.1, 0.15) is 94.2 Å². The molecule has 1 aliphatic carbocycles. The molecule has 0 heterocycles. The van der Waals surface area contributed by atoms with Crippen LogP contribution < -0.4 is 0 Å². The third kappa shape index (κ3) is 3.37. The Kier molecular flexibility index (Phi) is 5.00. The number of hydrogen-bond donors (Lipinski definition) is 1. The second kappa shape index (κ2) is 6.35. The molecular weight excluding hydrogens is 248 g/mol. The van der Waals surface area contributed by atoms with E-state index in [1.54, 1.807) is 0 Å². The third-order valence-corrected chi connectivity index (χ3v) is 5.04. The molecule has 1 aromatic carbocycles. The molecule has 0 aliphatic heterocycles. The lowest BCUT2D eigenvalue weighted by Crippen LogP contribution is -2.08. The van der Waals surface area contributed by atoms with Crippen LogP contribution in [0.3, 0.4) is 0 Å². The van der Waals surface area contributed by atoms with E-state index in [-0.39, 0.29) is 0 Å². The standard InChI is InChI=1S/C18H28S/c1-12(2)15-10-16(13(3)4)18(19)17(11-15)14-8-6-5-7-9-14/h10-14,19H,5-9H2,1-4H3.